The number of carbonyl (C=O) groups is 1. The molecule has 1 aromatic carbocycles. The number of aromatic nitrogens is 2. The Bertz CT molecular complexity index is 915. The molecule has 0 atom stereocenters. The van der Waals surface area contributed by atoms with Gasteiger partial charge in [0.05, 0.1) is 5.56 Å². The number of hydrogen-bond donors (Lipinski definition) is 0. The van der Waals surface area contributed by atoms with Crippen LogP contribution in [0.15, 0.2) is 45.3 Å². The highest BCUT2D eigenvalue weighted by Gasteiger charge is 2.30. The monoisotopic (exact) mass is 366 g/mol. The highest BCUT2D eigenvalue weighted by molar-refractivity contribution is 5.87. The van der Waals surface area contributed by atoms with Crippen LogP contribution in [0.5, 0.6) is 0 Å². The zero-order valence-corrected chi connectivity index (χ0v) is 13.5. The molecule has 0 N–H and O–H groups in total. The molecule has 26 heavy (non-hydrogen) atoms. The van der Waals surface area contributed by atoms with Crippen molar-refractivity contribution in [3.05, 3.63) is 59.4 Å². The highest BCUT2D eigenvalue weighted by atomic mass is 19.4. The van der Waals surface area contributed by atoms with Gasteiger partial charge in [0.2, 0.25) is 5.76 Å². The lowest BCUT2D eigenvalue weighted by Gasteiger charge is -2.07. The number of rotatable bonds is 5. The standard InChI is InChI=1S/C17H13F3N2O4/c1-2-14-21-15(26-22-14)9-24-16(23)13-7-6-12(25-13)10-4-3-5-11(8-10)17(18,19)20/h3-8H,2,9H2,1H3. The van der Waals surface area contributed by atoms with Gasteiger partial charge < -0.3 is 13.7 Å². The van der Waals surface area contributed by atoms with Crippen molar-refractivity contribution in [1.29, 1.82) is 0 Å². The van der Waals surface area contributed by atoms with E-state index in [1.165, 1.54) is 24.3 Å². The number of benzene rings is 1. The molecule has 9 heteroatoms. The van der Waals surface area contributed by atoms with E-state index in [-0.39, 0.29) is 29.6 Å². The summed E-state index contributed by atoms with van der Waals surface area (Å²) in [7, 11) is 0. The van der Waals surface area contributed by atoms with E-state index in [2.05, 4.69) is 10.1 Å². The van der Waals surface area contributed by atoms with Gasteiger partial charge in [0.1, 0.15) is 5.76 Å². The molecule has 3 aromatic rings. The van der Waals surface area contributed by atoms with Crippen LogP contribution in [0.3, 0.4) is 0 Å². The van der Waals surface area contributed by atoms with Crippen molar-refractivity contribution in [3.63, 3.8) is 0 Å². The summed E-state index contributed by atoms with van der Waals surface area (Å²) in [6, 6.07) is 7.33. The van der Waals surface area contributed by atoms with E-state index < -0.39 is 17.7 Å². The Morgan fingerprint density at radius 3 is 2.73 bits per heavy atom. The molecule has 0 aliphatic carbocycles. The van der Waals surface area contributed by atoms with Crippen LogP contribution in [0, 0.1) is 0 Å². The molecule has 0 radical (unpaired) electrons. The normalized spacial score (nSPS) is 11.5. The summed E-state index contributed by atoms with van der Waals surface area (Å²) < 4.78 is 53.5. The van der Waals surface area contributed by atoms with Gasteiger partial charge in [0.25, 0.3) is 5.89 Å². The van der Waals surface area contributed by atoms with Crippen molar-refractivity contribution in [2.45, 2.75) is 26.1 Å². The lowest BCUT2D eigenvalue weighted by atomic mass is 10.1. The maximum atomic E-state index is 12.8. The summed E-state index contributed by atoms with van der Waals surface area (Å²) in [4.78, 5) is 16.0. The Kier molecular flexibility index (Phi) is 4.79. The minimum absolute atomic E-state index is 0.120. The lowest BCUT2D eigenvalue weighted by molar-refractivity contribution is -0.137. The van der Waals surface area contributed by atoms with E-state index in [1.54, 1.807) is 0 Å². The topological polar surface area (TPSA) is 78.4 Å². The van der Waals surface area contributed by atoms with Crippen molar-refractivity contribution < 1.29 is 31.6 Å². The summed E-state index contributed by atoms with van der Waals surface area (Å²) in [5, 5.41) is 3.66. The third kappa shape index (κ3) is 3.93. The Hall–Kier alpha value is -3.10. The first-order chi connectivity index (χ1) is 12.4. The van der Waals surface area contributed by atoms with Gasteiger partial charge in [0.15, 0.2) is 12.4 Å². The fourth-order valence-corrected chi connectivity index (χ4v) is 2.14. The summed E-state index contributed by atoms with van der Waals surface area (Å²) in [6.07, 6.45) is -3.89. The first-order valence-corrected chi connectivity index (χ1v) is 7.63. The Labute approximate surface area is 145 Å². The van der Waals surface area contributed by atoms with Gasteiger partial charge in [-0.05, 0) is 24.3 Å². The number of ether oxygens (including phenoxy) is 1. The maximum absolute atomic E-state index is 12.8. The predicted molar refractivity (Wildman–Crippen MR) is 81.9 cm³/mol. The van der Waals surface area contributed by atoms with Gasteiger partial charge in [-0.1, -0.05) is 24.2 Å². The van der Waals surface area contributed by atoms with Gasteiger partial charge in [-0.2, -0.15) is 18.2 Å². The highest BCUT2D eigenvalue weighted by Crippen LogP contribution is 2.32. The molecule has 2 heterocycles. The number of hydrogen-bond acceptors (Lipinski definition) is 6. The van der Waals surface area contributed by atoms with Crippen LogP contribution >= 0.6 is 0 Å². The number of aryl methyl sites for hydroxylation is 1. The van der Waals surface area contributed by atoms with E-state index >= 15 is 0 Å². The fourth-order valence-electron chi connectivity index (χ4n) is 2.14. The van der Waals surface area contributed by atoms with E-state index in [9.17, 15) is 18.0 Å². The van der Waals surface area contributed by atoms with Crippen LogP contribution in [-0.4, -0.2) is 16.1 Å². The molecule has 0 aliphatic rings. The van der Waals surface area contributed by atoms with Crippen molar-refractivity contribution >= 4 is 5.97 Å². The third-order valence-electron chi connectivity index (χ3n) is 3.43. The molecule has 0 fully saturated rings. The molecular weight excluding hydrogens is 353 g/mol. The first kappa shape index (κ1) is 17.7. The van der Waals surface area contributed by atoms with E-state index in [1.807, 2.05) is 6.92 Å². The van der Waals surface area contributed by atoms with Crippen molar-refractivity contribution in [2.75, 3.05) is 0 Å². The summed E-state index contributed by atoms with van der Waals surface area (Å²) in [5.41, 5.74) is -0.609. The van der Waals surface area contributed by atoms with Crippen LogP contribution in [0.25, 0.3) is 11.3 Å². The second-order valence-electron chi connectivity index (χ2n) is 5.28. The van der Waals surface area contributed by atoms with Crippen molar-refractivity contribution in [3.8, 4) is 11.3 Å². The Balaban J connectivity index is 1.70. The van der Waals surface area contributed by atoms with E-state index in [0.29, 0.717) is 12.2 Å². The molecule has 0 unspecified atom stereocenters. The average molecular weight is 366 g/mol. The molecular formula is C17H13F3N2O4. The molecule has 2 aromatic heterocycles. The number of halogens is 3. The van der Waals surface area contributed by atoms with Crippen LogP contribution in [0.2, 0.25) is 0 Å². The zero-order valence-electron chi connectivity index (χ0n) is 13.5. The van der Waals surface area contributed by atoms with Gasteiger partial charge in [-0.3, -0.25) is 0 Å². The number of alkyl halides is 3. The number of esters is 1. The number of nitrogens with zero attached hydrogens (tertiary/aromatic N) is 2. The van der Waals surface area contributed by atoms with Crippen LogP contribution < -0.4 is 0 Å². The minimum Gasteiger partial charge on any atom is -0.450 e. The molecule has 0 amide bonds. The fraction of sp³-hybridized carbons (Fsp3) is 0.235. The maximum Gasteiger partial charge on any atom is 0.416 e. The van der Waals surface area contributed by atoms with Gasteiger partial charge in [-0.15, -0.1) is 0 Å². The summed E-state index contributed by atoms with van der Waals surface area (Å²) in [6.45, 7) is 1.62. The van der Waals surface area contributed by atoms with Crippen LogP contribution in [-0.2, 0) is 23.9 Å². The molecule has 6 nitrogen and oxygen atoms in total. The van der Waals surface area contributed by atoms with Gasteiger partial charge in [-0.25, -0.2) is 4.79 Å². The number of furan rings is 1. The molecule has 0 spiro atoms. The van der Waals surface area contributed by atoms with E-state index in [0.717, 1.165) is 12.1 Å². The molecule has 3 rings (SSSR count). The largest absolute Gasteiger partial charge is 0.450 e. The first-order valence-electron chi connectivity index (χ1n) is 7.63. The summed E-state index contributed by atoms with van der Waals surface area (Å²) in [5.74, 6) is -0.193. The number of carbonyl (C=O) groups excluding carboxylic acids is 1. The summed E-state index contributed by atoms with van der Waals surface area (Å²) >= 11 is 0. The van der Waals surface area contributed by atoms with Crippen LogP contribution in [0.4, 0.5) is 13.2 Å². The van der Waals surface area contributed by atoms with Gasteiger partial charge in [0, 0.05) is 12.0 Å². The Morgan fingerprint density at radius 1 is 1.23 bits per heavy atom. The predicted octanol–water partition coefficient (Wildman–Crippen LogP) is 4.27. The van der Waals surface area contributed by atoms with Gasteiger partial charge >= 0.3 is 12.1 Å². The molecule has 0 saturated carbocycles. The molecule has 0 aliphatic heterocycles. The molecule has 136 valence electrons. The van der Waals surface area contributed by atoms with Crippen molar-refractivity contribution in [1.82, 2.24) is 10.1 Å². The zero-order chi connectivity index (χ0) is 18.7. The third-order valence-corrected chi connectivity index (χ3v) is 3.43. The molecule has 0 saturated heterocycles. The van der Waals surface area contributed by atoms with Crippen LogP contribution in [0.1, 0.15) is 34.8 Å². The van der Waals surface area contributed by atoms with Crippen molar-refractivity contribution in [2.24, 2.45) is 0 Å². The molecule has 0 bridgehead atoms. The quantitative estimate of drug-likeness (QED) is 0.628. The second-order valence-corrected chi connectivity index (χ2v) is 5.28. The Morgan fingerprint density at radius 2 is 2.04 bits per heavy atom. The SMILES string of the molecule is CCc1noc(COC(=O)c2ccc(-c3cccc(C(F)(F)F)c3)o2)n1. The van der Waals surface area contributed by atoms with E-state index in [4.69, 9.17) is 13.7 Å². The average Bonchev–Trinajstić information content (AvgIpc) is 3.28. The minimum atomic E-state index is -4.47. The lowest BCUT2D eigenvalue weighted by Crippen LogP contribution is -2.04. The smallest absolute Gasteiger partial charge is 0.416 e. The second kappa shape index (κ2) is 7.03.